The second-order valence-electron chi connectivity index (χ2n) is 4.50. The maximum Gasteiger partial charge on any atom is 0.139 e. The number of hydrogen-bond acceptors (Lipinski definition) is 1. The fourth-order valence-corrected chi connectivity index (χ4v) is 2.33. The largest absolute Gasteiger partial charge is 0.378 e. The van der Waals surface area contributed by atoms with Crippen molar-refractivity contribution in [2.75, 3.05) is 5.32 Å². The highest BCUT2D eigenvalue weighted by Gasteiger charge is 2.09. The molecule has 19 heavy (non-hydrogen) atoms. The molecule has 0 amide bonds. The zero-order chi connectivity index (χ0) is 14.0. The molecule has 0 heterocycles. The fourth-order valence-electron chi connectivity index (χ4n) is 1.87. The lowest BCUT2D eigenvalue weighted by Gasteiger charge is -2.18. The molecule has 0 aliphatic rings. The molecular weight excluding hydrogens is 312 g/mol. The molecule has 2 rings (SSSR count). The molecule has 100 valence electrons. The van der Waals surface area contributed by atoms with Gasteiger partial charge in [-0.2, -0.15) is 0 Å². The van der Waals surface area contributed by atoms with Crippen molar-refractivity contribution in [3.8, 4) is 0 Å². The smallest absolute Gasteiger partial charge is 0.139 e. The van der Waals surface area contributed by atoms with Crippen LogP contribution in [0.5, 0.6) is 0 Å². The molecule has 0 spiro atoms. The van der Waals surface area contributed by atoms with E-state index in [1.165, 1.54) is 18.2 Å². The van der Waals surface area contributed by atoms with E-state index in [4.69, 9.17) is 0 Å². The maximum atomic E-state index is 13.5. The molecule has 0 radical (unpaired) electrons. The van der Waals surface area contributed by atoms with Crippen molar-refractivity contribution >= 4 is 21.6 Å². The molecule has 0 fully saturated rings. The van der Waals surface area contributed by atoms with Crippen LogP contribution in [-0.2, 0) is 0 Å². The van der Waals surface area contributed by atoms with Crippen LogP contribution in [0.4, 0.5) is 14.5 Å². The molecular formula is C15H14BrF2N. The van der Waals surface area contributed by atoms with E-state index in [9.17, 15) is 8.78 Å². The molecule has 1 unspecified atom stereocenters. The molecule has 0 saturated carbocycles. The lowest BCUT2D eigenvalue weighted by Crippen LogP contribution is -2.08. The summed E-state index contributed by atoms with van der Waals surface area (Å²) < 4.78 is 26.8. The van der Waals surface area contributed by atoms with Crippen molar-refractivity contribution < 1.29 is 8.78 Å². The Labute approximate surface area is 119 Å². The number of aryl methyl sites for hydroxylation is 1. The average molecular weight is 326 g/mol. The van der Waals surface area contributed by atoms with Gasteiger partial charge in [0.1, 0.15) is 11.6 Å². The molecule has 1 N–H and O–H groups in total. The molecule has 0 saturated heterocycles. The van der Waals surface area contributed by atoms with E-state index in [1.807, 2.05) is 13.8 Å². The van der Waals surface area contributed by atoms with Crippen molar-refractivity contribution in [1.29, 1.82) is 0 Å². The second-order valence-corrected chi connectivity index (χ2v) is 5.35. The van der Waals surface area contributed by atoms with Gasteiger partial charge in [0.05, 0.1) is 4.47 Å². The van der Waals surface area contributed by atoms with Crippen molar-refractivity contribution in [2.45, 2.75) is 19.9 Å². The predicted molar refractivity (Wildman–Crippen MR) is 77.3 cm³/mol. The Morgan fingerprint density at radius 1 is 1.11 bits per heavy atom. The molecule has 1 atom stereocenters. The van der Waals surface area contributed by atoms with E-state index in [1.54, 1.807) is 18.2 Å². The van der Waals surface area contributed by atoms with Gasteiger partial charge in [-0.3, -0.25) is 0 Å². The lowest BCUT2D eigenvalue weighted by atomic mass is 10.1. The predicted octanol–water partition coefficient (Wildman–Crippen LogP) is 5.21. The maximum absolute atomic E-state index is 13.5. The van der Waals surface area contributed by atoms with Crippen LogP contribution >= 0.6 is 15.9 Å². The second kappa shape index (κ2) is 5.70. The summed E-state index contributed by atoms with van der Waals surface area (Å²) in [5.41, 5.74) is 2.63. The van der Waals surface area contributed by atoms with Crippen molar-refractivity contribution in [3.63, 3.8) is 0 Å². The summed E-state index contributed by atoms with van der Waals surface area (Å²) in [7, 11) is 0. The minimum atomic E-state index is -0.306. The first-order chi connectivity index (χ1) is 8.97. The van der Waals surface area contributed by atoms with Crippen LogP contribution < -0.4 is 5.32 Å². The number of rotatable bonds is 3. The van der Waals surface area contributed by atoms with Crippen molar-refractivity contribution in [1.82, 2.24) is 0 Å². The first-order valence-electron chi connectivity index (χ1n) is 5.95. The molecule has 0 bridgehead atoms. The van der Waals surface area contributed by atoms with Gasteiger partial charge in [0.15, 0.2) is 0 Å². The van der Waals surface area contributed by atoms with E-state index >= 15 is 0 Å². The van der Waals surface area contributed by atoms with Crippen LogP contribution in [0.25, 0.3) is 0 Å². The topological polar surface area (TPSA) is 12.0 Å². The molecule has 2 aromatic carbocycles. The SMILES string of the molecule is Cc1cc(Br)c(F)cc1NC(C)c1ccc(F)cc1. The third-order valence-electron chi connectivity index (χ3n) is 3.01. The number of halogens is 3. The minimum absolute atomic E-state index is 0.0279. The Bertz CT molecular complexity index is 581. The summed E-state index contributed by atoms with van der Waals surface area (Å²) in [5, 5.41) is 3.23. The Balaban J connectivity index is 2.21. The Morgan fingerprint density at radius 2 is 1.74 bits per heavy atom. The lowest BCUT2D eigenvalue weighted by molar-refractivity contribution is 0.620. The van der Waals surface area contributed by atoms with E-state index in [0.29, 0.717) is 4.47 Å². The molecule has 0 aliphatic carbocycles. The van der Waals surface area contributed by atoms with Gasteiger partial charge in [0, 0.05) is 11.7 Å². The van der Waals surface area contributed by atoms with E-state index in [0.717, 1.165) is 16.8 Å². The van der Waals surface area contributed by atoms with Crippen LogP contribution in [0.15, 0.2) is 40.9 Å². The highest BCUT2D eigenvalue weighted by atomic mass is 79.9. The van der Waals surface area contributed by atoms with Crippen molar-refractivity contribution in [2.24, 2.45) is 0 Å². The molecule has 0 aliphatic heterocycles. The van der Waals surface area contributed by atoms with Crippen LogP contribution in [0.1, 0.15) is 24.1 Å². The van der Waals surface area contributed by atoms with Crippen molar-refractivity contribution in [3.05, 3.63) is 63.6 Å². The number of hydrogen-bond donors (Lipinski definition) is 1. The average Bonchev–Trinajstić information content (AvgIpc) is 2.36. The summed E-state index contributed by atoms with van der Waals surface area (Å²) >= 11 is 3.15. The van der Waals surface area contributed by atoms with Gasteiger partial charge in [0.25, 0.3) is 0 Å². The Hall–Kier alpha value is -1.42. The van der Waals surface area contributed by atoms with E-state index < -0.39 is 0 Å². The normalized spacial score (nSPS) is 12.3. The summed E-state index contributed by atoms with van der Waals surface area (Å²) in [4.78, 5) is 0. The monoisotopic (exact) mass is 325 g/mol. The van der Waals surface area contributed by atoms with Gasteiger partial charge in [0.2, 0.25) is 0 Å². The Morgan fingerprint density at radius 3 is 2.37 bits per heavy atom. The van der Waals surface area contributed by atoms with Gasteiger partial charge in [-0.15, -0.1) is 0 Å². The summed E-state index contributed by atoms with van der Waals surface area (Å²) in [5.74, 6) is -0.568. The number of benzene rings is 2. The van der Waals surface area contributed by atoms with Gasteiger partial charge in [-0.05, 0) is 65.2 Å². The van der Waals surface area contributed by atoms with Crippen LogP contribution in [0, 0.1) is 18.6 Å². The quantitative estimate of drug-likeness (QED) is 0.816. The first-order valence-corrected chi connectivity index (χ1v) is 6.74. The van der Waals surface area contributed by atoms with Crippen LogP contribution in [-0.4, -0.2) is 0 Å². The third kappa shape index (κ3) is 3.32. The zero-order valence-electron chi connectivity index (χ0n) is 10.7. The zero-order valence-corrected chi connectivity index (χ0v) is 12.3. The van der Waals surface area contributed by atoms with Crippen LogP contribution in [0.3, 0.4) is 0 Å². The Kier molecular flexibility index (Phi) is 4.20. The number of nitrogens with one attached hydrogen (secondary N) is 1. The first kappa shape index (κ1) is 14.0. The highest BCUT2D eigenvalue weighted by molar-refractivity contribution is 9.10. The summed E-state index contributed by atoms with van der Waals surface area (Å²) in [6.07, 6.45) is 0. The third-order valence-corrected chi connectivity index (χ3v) is 3.62. The van der Waals surface area contributed by atoms with E-state index in [2.05, 4.69) is 21.2 Å². The molecule has 0 aromatic heterocycles. The number of anilines is 1. The van der Waals surface area contributed by atoms with Crippen LogP contribution in [0.2, 0.25) is 0 Å². The summed E-state index contributed by atoms with van der Waals surface area (Å²) in [6, 6.07) is 9.44. The van der Waals surface area contributed by atoms with Gasteiger partial charge in [-0.1, -0.05) is 12.1 Å². The molecule has 4 heteroatoms. The standard InChI is InChI=1S/C15H14BrF2N/c1-9-7-13(16)14(18)8-15(9)19-10(2)11-3-5-12(17)6-4-11/h3-8,10,19H,1-2H3. The highest BCUT2D eigenvalue weighted by Crippen LogP contribution is 2.27. The van der Waals surface area contributed by atoms with Gasteiger partial charge >= 0.3 is 0 Å². The molecule has 2 aromatic rings. The van der Waals surface area contributed by atoms with E-state index in [-0.39, 0.29) is 17.7 Å². The summed E-state index contributed by atoms with van der Waals surface area (Å²) in [6.45, 7) is 3.86. The molecule has 1 nitrogen and oxygen atoms in total. The minimum Gasteiger partial charge on any atom is -0.378 e. The van der Waals surface area contributed by atoms with Gasteiger partial charge < -0.3 is 5.32 Å². The fraction of sp³-hybridized carbons (Fsp3) is 0.200. The van der Waals surface area contributed by atoms with Gasteiger partial charge in [-0.25, -0.2) is 8.78 Å².